The number of aryl methyl sites for hydroxylation is 1. The molecule has 2 N–H and O–H groups in total. The molecular formula is C18H17N3O3S. The van der Waals surface area contributed by atoms with Gasteiger partial charge in [0.15, 0.2) is 5.13 Å². The van der Waals surface area contributed by atoms with Gasteiger partial charge in [-0.05, 0) is 30.7 Å². The average molecular weight is 355 g/mol. The lowest BCUT2D eigenvalue weighted by molar-refractivity contribution is -0.115. The van der Waals surface area contributed by atoms with E-state index in [-0.39, 0.29) is 18.4 Å². The number of thiazole rings is 1. The van der Waals surface area contributed by atoms with Crippen LogP contribution in [0, 0.1) is 6.92 Å². The van der Waals surface area contributed by atoms with Gasteiger partial charge < -0.3 is 15.4 Å². The molecule has 0 radical (unpaired) electrons. The standard InChI is InChI=1S/C18H17N3O3S/c1-11-6-3-4-7-12(11)17(23)19-10-15(22)20-18-21-16-13(24-2)8-5-9-14(16)25-18/h3-9H,10H2,1-2H3,(H,19,23)(H,20,21,22). The molecule has 0 saturated carbocycles. The molecule has 0 saturated heterocycles. The van der Waals surface area contributed by atoms with E-state index in [0.717, 1.165) is 10.3 Å². The van der Waals surface area contributed by atoms with Gasteiger partial charge >= 0.3 is 0 Å². The van der Waals surface area contributed by atoms with Crippen LogP contribution in [0.25, 0.3) is 10.2 Å². The molecule has 2 aromatic carbocycles. The first-order chi connectivity index (χ1) is 12.1. The van der Waals surface area contributed by atoms with E-state index in [4.69, 9.17) is 4.74 Å². The quantitative estimate of drug-likeness (QED) is 0.737. The van der Waals surface area contributed by atoms with E-state index in [9.17, 15) is 9.59 Å². The van der Waals surface area contributed by atoms with Gasteiger partial charge in [0.25, 0.3) is 5.91 Å². The fourth-order valence-corrected chi connectivity index (χ4v) is 3.29. The first-order valence-corrected chi connectivity index (χ1v) is 8.47. The molecule has 0 spiro atoms. The number of anilines is 1. The van der Waals surface area contributed by atoms with Gasteiger partial charge in [0.05, 0.1) is 18.4 Å². The zero-order chi connectivity index (χ0) is 17.8. The van der Waals surface area contributed by atoms with Crippen LogP contribution < -0.4 is 15.4 Å². The molecule has 1 aromatic heterocycles. The van der Waals surface area contributed by atoms with E-state index in [0.29, 0.717) is 22.0 Å². The maximum absolute atomic E-state index is 12.1. The van der Waals surface area contributed by atoms with Crippen LogP contribution in [-0.2, 0) is 4.79 Å². The second-order valence-corrected chi connectivity index (χ2v) is 6.40. The Morgan fingerprint density at radius 2 is 1.96 bits per heavy atom. The van der Waals surface area contributed by atoms with Crippen molar-refractivity contribution in [3.8, 4) is 5.75 Å². The number of benzene rings is 2. The number of carbonyl (C=O) groups excluding carboxylic acids is 2. The summed E-state index contributed by atoms with van der Waals surface area (Å²) < 4.78 is 6.17. The highest BCUT2D eigenvalue weighted by molar-refractivity contribution is 7.22. The van der Waals surface area contributed by atoms with Crippen molar-refractivity contribution in [3.05, 3.63) is 53.6 Å². The van der Waals surface area contributed by atoms with Crippen molar-refractivity contribution < 1.29 is 14.3 Å². The second kappa shape index (κ2) is 7.31. The lowest BCUT2D eigenvalue weighted by Gasteiger charge is -2.07. The molecule has 0 unspecified atom stereocenters. The number of nitrogens with zero attached hydrogens (tertiary/aromatic N) is 1. The number of para-hydroxylation sites is 1. The molecular weight excluding hydrogens is 338 g/mol. The van der Waals surface area contributed by atoms with Crippen LogP contribution in [0.2, 0.25) is 0 Å². The minimum Gasteiger partial charge on any atom is -0.494 e. The third kappa shape index (κ3) is 3.77. The number of fused-ring (bicyclic) bond motifs is 1. The van der Waals surface area contributed by atoms with Gasteiger partial charge in [-0.2, -0.15) is 0 Å². The monoisotopic (exact) mass is 355 g/mol. The first-order valence-electron chi connectivity index (χ1n) is 7.65. The summed E-state index contributed by atoms with van der Waals surface area (Å²) in [6, 6.07) is 12.8. The number of rotatable bonds is 5. The van der Waals surface area contributed by atoms with Gasteiger partial charge in [-0.3, -0.25) is 9.59 Å². The number of nitrogens with one attached hydrogen (secondary N) is 2. The summed E-state index contributed by atoms with van der Waals surface area (Å²) in [4.78, 5) is 28.6. The van der Waals surface area contributed by atoms with Crippen molar-refractivity contribution in [2.24, 2.45) is 0 Å². The molecule has 0 bridgehead atoms. The van der Waals surface area contributed by atoms with Crippen LogP contribution in [0.15, 0.2) is 42.5 Å². The SMILES string of the molecule is COc1cccc2sc(NC(=O)CNC(=O)c3ccccc3C)nc12. The number of methoxy groups -OCH3 is 1. The predicted molar refractivity (Wildman–Crippen MR) is 98.3 cm³/mol. The fourth-order valence-electron chi connectivity index (χ4n) is 2.39. The van der Waals surface area contributed by atoms with Crippen LogP contribution in [0.4, 0.5) is 5.13 Å². The molecule has 6 nitrogen and oxygen atoms in total. The average Bonchev–Trinajstić information content (AvgIpc) is 3.02. The number of amides is 2. The molecule has 0 fully saturated rings. The Labute approximate surface area is 148 Å². The topological polar surface area (TPSA) is 80.3 Å². The molecule has 2 amide bonds. The van der Waals surface area contributed by atoms with E-state index >= 15 is 0 Å². The van der Waals surface area contributed by atoms with E-state index in [2.05, 4.69) is 15.6 Å². The third-order valence-electron chi connectivity index (χ3n) is 3.65. The first kappa shape index (κ1) is 16.9. The van der Waals surface area contributed by atoms with Crippen LogP contribution in [0.3, 0.4) is 0 Å². The summed E-state index contributed by atoms with van der Waals surface area (Å²) in [6.07, 6.45) is 0. The summed E-state index contributed by atoms with van der Waals surface area (Å²) in [6.45, 7) is 1.73. The maximum Gasteiger partial charge on any atom is 0.251 e. The number of aromatic nitrogens is 1. The Morgan fingerprint density at radius 1 is 1.16 bits per heavy atom. The van der Waals surface area contributed by atoms with Gasteiger partial charge in [0, 0.05) is 5.56 Å². The molecule has 3 rings (SSSR count). The Morgan fingerprint density at radius 3 is 2.72 bits per heavy atom. The molecule has 128 valence electrons. The van der Waals surface area contributed by atoms with Crippen LogP contribution >= 0.6 is 11.3 Å². The molecule has 0 aliphatic rings. The van der Waals surface area contributed by atoms with Gasteiger partial charge in [0.1, 0.15) is 11.3 Å². The summed E-state index contributed by atoms with van der Waals surface area (Å²) in [5.41, 5.74) is 2.12. The zero-order valence-corrected chi connectivity index (χ0v) is 14.6. The van der Waals surface area contributed by atoms with E-state index in [1.54, 1.807) is 19.2 Å². The van der Waals surface area contributed by atoms with Crippen molar-refractivity contribution in [1.29, 1.82) is 0 Å². The highest BCUT2D eigenvalue weighted by Gasteiger charge is 2.13. The number of hydrogen-bond acceptors (Lipinski definition) is 5. The lowest BCUT2D eigenvalue weighted by atomic mass is 10.1. The maximum atomic E-state index is 12.1. The largest absolute Gasteiger partial charge is 0.494 e. The number of carbonyl (C=O) groups is 2. The van der Waals surface area contributed by atoms with Crippen molar-refractivity contribution >= 4 is 38.5 Å². The normalized spacial score (nSPS) is 10.5. The smallest absolute Gasteiger partial charge is 0.251 e. The zero-order valence-electron chi connectivity index (χ0n) is 13.8. The van der Waals surface area contributed by atoms with Crippen molar-refractivity contribution in [1.82, 2.24) is 10.3 Å². The molecule has 0 aliphatic carbocycles. The van der Waals surface area contributed by atoms with Gasteiger partial charge in [-0.25, -0.2) is 4.98 Å². The molecule has 3 aromatic rings. The van der Waals surface area contributed by atoms with Crippen molar-refractivity contribution in [2.45, 2.75) is 6.92 Å². The molecule has 7 heteroatoms. The summed E-state index contributed by atoms with van der Waals surface area (Å²) in [5, 5.41) is 5.79. The van der Waals surface area contributed by atoms with Gasteiger partial charge in [-0.1, -0.05) is 35.6 Å². The highest BCUT2D eigenvalue weighted by atomic mass is 32.1. The summed E-state index contributed by atoms with van der Waals surface area (Å²) in [7, 11) is 1.58. The predicted octanol–water partition coefficient (Wildman–Crippen LogP) is 2.98. The van der Waals surface area contributed by atoms with E-state index in [1.165, 1.54) is 11.3 Å². The van der Waals surface area contributed by atoms with E-state index in [1.807, 2.05) is 37.3 Å². The summed E-state index contributed by atoms with van der Waals surface area (Å²) in [5.74, 6) is 0.0429. The van der Waals surface area contributed by atoms with E-state index < -0.39 is 0 Å². The van der Waals surface area contributed by atoms with Gasteiger partial charge in [-0.15, -0.1) is 0 Å². The number of ether oxygens (including phenoxy) is 1. The minimum absolute atomic E-state index is 0.125. The number of hydrogen-bond donors (Lipinski definition) is 2. The van der Waals surface area contributed by atoms with Gasteiger partial charge in [0.2, 0.25) is 5.91 Å². The van der Waals surface area contributed by atoms with Crippen LogP contribution in [0.5, 0.6) is 5.75 Å². The fraction of sp³-hybridized carbons (Fsp3) is 0.167. The van der Waals surface area contributed by atoms with Crippen molar-refractivity contribution in [2.75, 3.05) is 19.0 Å². The molecule has 0 atom stereocenters. The Balaban J connectivity index is 1.63. The Hall–Kier alpha value is -2.93. The molecule has 1 heterocycles. The molecule has 0 aliphatic heterocycles. The minimum atomic E-state index is -0.333. The van der Waals surface area contributed by atoms with Crippen molar-refractivity contribution in [3.63, 3.8) is 0 Å². The Bertz CT molecular complexity index is 936. The molecule has 25 heavy (non-hydrogen) atoms. The summed E-state index contributed by atoms with van der Waals surface area (Å²) >= 11 is 1.35. The Kier molecular flexibility index (Phi) is 4.95. The van der Waals surface area contributed by atoms with Crippen LogP contribution in [0.1, 0.15) is 15.9 Å². The third-order valence-corrected chi connectivity index (χ3v) is 4.58. The lowest BCUT2D eigenvalue weighted by Crippen LogP contribution is -2.33. The second-order valence-electron chi connectivity index (χ2n) is 5.37. The highest BCUT2D eigenvalue weighted by Crippen LogP contribution is 2.31. The van der Waals surface area contributed by atoms with Crippen LogP contribution in [-0.4, -0.2) is 30.5 Å².